The molecule has 0 fully saturated rings. The van der Waals surface area contributed by atoms with E-state index in [9.17, 15) is 13.0 Å². The van der Waals surface area contributed by atoms with Gasteiger partial charge in [0.25, 0.3) is 0 Å². The molecule has 140 valence electrons. The van der Waals surface area contributed by atoms with Gasteiger partial charge in [0.15, 0.2) is 0 Å². The van der Waals surface area contributed by atoms with Gasteiger partial charge in [0, 0.05) is 5.75 Å². The summed E-state index contributed by atoms with van der Waals surface area (Å²) in [5.74, 6) is -0.342. The van der Waals surface area contributed by atoms with E-state index in [1.54, 1.807) is 0 Å². The lowest BCUT2D eigenvalue weighted by Gasteiger charge is -2.27. The van der Waals surface area contributed by atoms with Crippen LogP contribution in [-0.2, 0) is 15.0 Å². The zero-order valence-electron chi connectivity index (χ0n) is 15.4. The maximum atomic E-state index is 10.5. The molecule has 0 aromatic heterocycles. The molecule has 0 rings (SSSR count). The number of rotatable bonds is 16. The summed E-state index contributed by atoms with van der Waals surface area (Å²) < 4.78 is 32.0. The number of nitrogens with zero attached hydrogens (tertiary/aromatic N) is 1. The second-order valence-electron chi connectivity index (χ2n) is 6.93. The average molecular weight is 352 g/mol. The molecule has 23 heavy (non-hydrogen) atoms. The quantitative estimate of drug-likeness (QED) is 0.183. The van der Waals surface area contributed by atoms with Crippen molar-refractivity contribution in [2.24, 2.45) is 0 Å². The third kappa shape index (κ3) is 18.0. The minimum Gasteiger partial charge on any atom is -0.748 e. The van der Waals surface area contributed by atoms with E-state index in [1.165, 1.54) is 57.8 Å². The molecule has 0 aliphatic rings. The Morgan fingerprint density at radius 1 is 0.826 bits per heavy atom. The predicted octanol–water partition coefficient (Wildman–Crippen LogP) is 3.85. The van der Waals surface area contributed by atoms with Crippen LogP contribution >= 0.6 is 0 Å². The second-order valence-corrected chi connectivity index (χ2v) is 8.45. The standard InChI is InChI=1S/C17H37NO4S/c1-4-5-6-7-8-9-10-11-12-13-15-18(2,3)22-16-14-17-23(19,20)21/h4-17H2,1-3H3. The molecule has 5 nitrogen and oxygen atoms in total. The van der Waals surface area contributed by atoms with Crippen molar-refractivity contribution in [1.82, 2.24) is 0 Å². The number of unbranched alkanes of at least 4 members (excludes halogenated alkanes) is 9. The Morgan fingerprint density at radius 2 is 1.30 bits per heavy atom. The lowest BCUT2D eigenvalue weighted by molar-refractivity contribution is -1.08. The largest absolute Gasteiger partial charge is 0.748 e. The van der Waals surface area contributed by atoms with Crippen LogP contribution in [0, 0.1) is 0 Å². The fourth-order valence-electron chi connectivity index (χ4n) is 2.59. The molecule has 0 amide bonds. The summed E-state index contributed by atoms with van der Waals surface area (Å²) in [7, 11) is -0.173. The smallest absolute Gasteiger partial charge is 0.108 e. The van der Waals surface area contributed by atoms with Gasteiger partial charge in [0.2, 0.25) is 0 Å². The summed E-state index contributed by atoms with van der Waals surface area (Å²) >= 11 is 0. The highest BCUT2D eigenvalue weighted by Crippen LogP contribution is 2.12. The first kappa shape index (κ1) is 22.8. The van der Waals surface area contributed by atoms with Crippen LogP contribution in [0.5, 0.6) is 0 Å². The normalized spacial score (nSPS) is 12.7. The summed E-state index contributed by atoms with van der Waals surface area (Å²) in [4.78, 5) is 5.64. The van der Waals surface area contributed by atoms with Crippen molar-refractivity contribution in [3.05, 3.63) is 0 Å². The van der Waals surface area contributed by atoms with E-state index in [4.69, 9.17) is 4.84 Å². The first-order valence-corrected chi connectivity index (χ1v) is 10.8. The highest BCUT2D eigenvalue weighted by molar-refractivity contribution is 7.85. The van der Waals surface area contributed by atoms with Gasteiger partial charge in [-0.1, -0.05) is 58.3 Å². The topological polar surface area (TPSA) is 66.4 Å². The fraction of sp³-hybridized carbons (Fsp3) is 1.00. The van der Waals surface area contributed by atoms with Gasteiger partial charge >= 0.3 is 0 Å². The van der Waals surface area contributed by atoms with Crippen molar-refractivity contribution in [1.29, 1.82) is 0 Å². The van der Waals surface area contributed by atoms with Gasteiger partial charge in [-0.15, -0.1) is 0 Å². The minimum absolute atomic E-state index is 0.269. The summed E-state index contributed by atoms with van der Waals surface area (Å²) in [5.41, 5.74) is 0. The van der Waals surface area contributed by atoms with E-state index in [1.807, 2.05) is 14.1 Å². The van der Waals surface area contributed by atoms with Gasteiger partial charge < -0.3 is 4.55 Å². The summed E-state index contributed by atoms with van der Waals surface area (Å²) in [5, 5.41) is 0. The molecular weight excluding hydrogens is 314 g/mol. The van der Waals surface area contributed by atoms with Crippen molar-refractivity contribution < 1.29 is 22.5 Å². The molecule has 0 aromatic rings. The van der Waals surface area contributed by atoms with Gasteiger partial charge in [-0.2, -0.15) is 4.65 Å². The van der Waals surface area contributed by atoms with E-state index in [-0.39, 0.29) is 12.2 Å². The van der Waals surface area contributed by atoms with Crippen LogP contribution in [0.25, 0.3) is 0 Å². The van der Waals surface area contributed by atoms with E-state index in [0.717, 1.165) is 13.0 Å². The third-order valence-corrected chi connectivity index (χ3v) is 4.82. The summed E-state index contributed by atoms with van der Waals surface area (Å²) in [6.45, 7) is 3.47. The Hall–Kier alpha value is -0.170. The van der Waals surface area contributed by atoms with Crippen LogP contribution in [-0.4, -0.2) is 50.6 Å². The molecule has 0 heterocycles. The van der Waals surface area contributed by atoms with Crippen LogP contribution in [0.3, 0.4) is 0 Å². The Bertz CT molecular complexity index is 369. The van der Waals surface area contributed by atoms with Gasteiger partial charge in [0.1, 0.15) is 13.2 Å². The summed E-state index contributed by atoms with van der Waals surface area (Å²) in [6.07, 6.45) is 13.4. The molecule has 0 aromatic carbocycles. The van der Waals surface area contributed by atoms with Crippen LogP contribution in [0.15, 0.2) is 0 Å². The predicted molar refractivity (Wildman–Crippen MR) is 94.0 cm³/mol. The molecule has 6 heteroatoms. The van der Waals surface area contributed by atoms with Gasteiger partial charge in [-0.3, -0.25) is 0 Å². The molecule has 0 radical (unpaired) electrons. The molecule has 0 saturated heterocycles. The van der Waals surface area contributed by atoms with Crippen LogP contribution < -0.4 is 0 Å². The number of hydrogen-bond acceptors (Lipinski definition) is 4. The zero-order valence-corrected chi connectivity index (χ0v) is 16.2. The van der Waals surface area contributed by atoms with Crippen LogP contribution in [0.2, 0.25) is 0 Å². The lowest BCUT2D eigenvalue weighted by Crippen LogP contribution is -2.40. The van der Waals surface area contributed by atoms with Crippen molar-refractivity contribution in [2.45, 2.75) is 77.6 Å². The first-order chi connectivity index (χ1) is 10.8. The monoisotopic (exact) mass is 351 g/mol. The number of quaternary nitrogens is 1. The van der Waals surface area contributed by atoms with E-state index >= 15 is 0 Å². The molecule has 0 bridgehead atoms. The fourth-order valence-corrected chi connectivity index (χ4v) is 3.06. The van der Waals surface area contributed by atoms with Gasteiger partial charge in [-0.05, 0) is 19.3 Å². The van der Waals surface area contributed by atoms with Gasteiger partial charge in [-0.25, -0.2) is 13.3 Å². The first-order valence-electron chi connectivity index (χ1n) is 9.18. The van der Waals surface area contributed by atoms with Crippen LogP contribution in [0.1, 0.15) is 77.6 Å². The van der Waals surface area contributed by atoms with Gasteiger partial charge in [0.05, 0.1) is 24.2 Å². The number of hydrogen-bond donors (Lipinski definition) is 0. The average Bonchev–Trinajstić information content (AvgIpc) is 2.45. The molecule has 0 N–H and O–H groups in total. The molecule has 0 spiro atoms. The highest BCUT2D eigenvalue weighted by atomic mass is 32.2. The Labute approximate surface area is 143 Å². The molecule has 0 atom stereocenters. The zero-order chi connectivity index (χ0) is 17.6. The van der Waals surface area contributed by atoms with Crippen molar-refractivity contribution in [2.75, 3.05) is 33.0 Å². The Balaban J connectivity index is 3.44. The molecule has 0 saturated carbocycles. The molecule has 0 aliphatic heterocycles. The van der Waals surface area contributed by atoms with E-state index < -0.39 is 10.1 Å². The Kier molecular flexibility index (Phi) is 13.1. The molecular formula is C17H37NO4S. The summed E-state index contributed by atoms with van der Waals surface area (Å²) in [6, 6.07) is 0. The van der Waals surface area contributed by atoms with Crippen LogP contribution in [0.4, 0.5) is 0 Å². The third-order valence-electron chi connectivity index (χ3n) is 4.03. The highest BCUT2D eigenvalue weighted by Gasteiger charge is 2.16. The molecule has 0 unspecified atom stereocenters. The lowest BCUT2D eigenvalue weighted by atomic mass is 10.1. The Morgan fingerprint density at radius 3 is 1.78 bits per heavy atom. The molecule has 0 aliphatic carbocycles. The number of hydroxylamine groups is 3. The minimum atomic E-state index is -4.12. The van der Waals surface area contributed by atoms with E-state index in [2.05, 4.69) is 6.92 Å². The maximum Gasteiger partial charge on any atom is 0.108 e. The second kappa shape index (κ2) is 13.2. The van der Waals surface area contributed by atoms with Crippen molar-refractivity contribution in [3.63, 3.8) is 0 Å². The van der Waals surface area contributed by atoms with Crippen molar-refractivity contribution in [3.8, 4) is 0 Å². The van der Waals surface area contributed by atoms with Crippen molar-refractivity contribution >= 4 is 10.1 Å². The maximum absolute atomic E-state index is 10.5. The van der Waals surface area contributed by atoms with E-state index in [0.29, 0.717) is 11.3 Å². The SMILES string of the molecule is CCCCCCCCCCCC[N+](C)(C)OCCCS(=O)(=O)[O-].